The highest BCUT2D eigenvalue weighted by atomic mass is 32.2. The van der Waals surface area contributed by atoms with E-state index in [1.807, 2.05) is 0 Å². The maximum atomic E-state index is 12.4. The largest absolute Gasteiger partial charge is 0.462 e. The van der Waals surface area contributed by atoms with E-state index in [1.165, 1.54) is 34.4 Å². The first-order valence-electron chi connectivity index (χ1n) is 8.29. The SMILES string of the molecule is CCOC(=O)c1c(NC(=O)CSc2cn[nH]n2)sc2c1CCCCC2. The molecule has 2 aromatic rings. The molecule has 7 nitrogen and oxygen atoms in total. The monoisotopic (exact) mass is 380 g/mol. The summed E-state index contributed by atoms with van der Waals surface area (Å²) in [5, 5.41) is 14.3. The van der Waals surface area contributed by atoms with E-state index in [1.54, 1.807) is 13.1 Å². The molecule has 3 rings (SSSR count). The summed E-state index contributed by atoms with van der Waals surface area (Å²) in [7, 11) is 0. The second kappa shape index (κ2) is 8.48. The third kappa shape index (κ3) is 4.40. The van der Waals surface area contributed by atoms with Gasteiger partial charge < -0.3 is 10.1 Å². The summed E-state index contributed by atoms with van der Waals surface area (Å²) in [6.45, 7) is 2.11. The zero-order chi connectivity index (χ0) is 17.6. The number of thiophene rings is 1. The first kappa shape index (κ1) is 17.9. The van der Waals surface area contributed by atoms with Crippen molar-refractivity contribution in [2.75, 3.05) is 17.7 Å². The van der Waals surface area contributed by atoms with Crippen molar-refractivity contribution in [2.45, 2.75) is 44.1 Å². The quantitative estimate of drug-likeness (QED) is 0.454. The highest BCUT2D eigenvalue weighted by Gasteiger charge is 2.26. The molecule has 1 amide bonds. The second-order valence-electron chi connectivity index (χ2n) is 5.63. The fourth-order valence-electron chi connectivity index (χ4n) is 2.81. The molecule has 0 bridgehead atoms. The lowest BCUT2D eigenvalue weighted by atomic mass is 10.1. The molecule has 2 heterocycles. The van der Waals surface area contributed by atoms with Crippen molar-refractivity contribution in [2.24, 2.45) is 0 Å². The minimum Gasteiger partial charge on any atom is -0.462 e. The average molecular weight is 380 g/mol. The topological polar surface area (TPSA) is 97.0 Å². The molecular weight excluding hydrogens is 360 g/mol. The number of nitrogens with zero attached hydrogens (tertiary/aromatic N) is 2. The van der Waals surface area contributed by atoms with E-state index < -0.39 is 0 Å². The van der Waals surface area contributed by atoms with Gasteiger partial charge in [-0.3, -0.25) is 4.79 Å². The summed E-state index contributed by atoms with van der Waals surface area (Å²) in [5.74, 6) is -0.312. The zero-order valence-corrected chi connectivity index (χ0v) is 15.6. The Morgan fingerprint density at radius 3 is 2.96 bits per heavy atom. The molecule has 134 valence electrons. The van der Waals surface area contributed by atoms with E-state index in [0.29, 0.717) is 22.2 Å². The van der Waals surface area contributed by atoms with Gasteiger partial charge in [0.15, 0.2) is 0 Å². The first-order valence-corrected chi connectivity index (χ1v) is 10.1. The molecule has 9 heteroatoms. The van der Waals surface area contributed by atoms with Crippen LogP contribution in [0.1, 0.15) is 47.0 Å². The smallest absolute Gasteiger partial charge is 0.341 e. The molecule has 2 aromatic heterocycles. The molecule has 0 saturated heterocycles. The number of thioether (sulfide) groups is 1. The molecule has 1 aliphatic carbocycles. The molecule has 0 fully saturated rings. The van der Waals surface area contributed by atoms with Crippen LogP contribution in [0.25, 0.3) is 0 Å². The van der Waals surface area contributed by atoms with Gasteiger partial charge in [-0.15, -0.1) is 16.4 Å². The second-order valence-corrected chi connectivity index (χ2v) is 7.73. The molecule has 0 saturated carbocycles. The molecule has 1 aliphatic rings. The summed E-state index contributed by atoms with van der Waals surface area (Å²) in [6, 6.07) is 0. The van der Waals surface area contributed by atoms with E-state index in [-0.39, 0.29) is 17.6 Å². The van der Waals surface area contributed by atoms with Gasteiger partial charge in [0.05, 0.1) is 24.1 Å². The predicted molar refractivity (Wildman–Crippen MR) is 97.3 cm³/mol. The van der Waals surface area contributed by atoms with E-state index in [9.17, 15) is 9.59 Å². The third-order valence-corrected chi connectivity index (χ3v) is 6.00. The normalized spacial score (nSPS) is 13.8. The number of aromatic amines is 1. The molecule has 0 aromatic carbocycles. The minimum atomic E-state index is -0.346. The molecule has 0 aliphatic heterocycles. The van der Waals surface area contributed by atoms with Crippen LogP contribution in [0.5, 0.6) is 0 Å². The lowest BCUT2D eigenvalue weighted by Crippen LogP contribution is -2.16. The molecule has 2 N–H and O–H groups in total. The van der Waals surface area contributed by atoms with Crippen molar-refractivity contribution in [3.8, 4) is 0 Å². The lowest BCUT2D eigenvalue weighted by molar-refractivity contribution is -0.113. The van der Waals surface area contributed by atoms with Gasteiger partial charge in [0, 0.05) is 4.88 Å². The van der Waals surface area contributed by atoms with Crippen LogP contribution in [0.3, 0.4) is 0 Å². The van der Waals surface area contributed by atoms with Crippen molar-refractivity contribution in [3.63, 3.8) is 0 Å². The standard InChI is InChI=1S/C16H20N4O3S2/c1-2-23-16(22)14-10-6-4-3-5-7-11(10)25-15(14)18-12(21)9-24-13-8-17-20-19-13/h8H,2-7,9H2,1H3,(H,18,21)(H,17,19,20). The maximum Gasteiger partial charge on any atom is 0.341 e. The summed E-state index contributed by atoms with van der Waals surface area (Å²) in [6.07, 6.45) is 6.73. The number of hydrogen-bond acceptors (Lipinski definition) is 7. The van der Waals surface area contributed by atoms with Gasteiger partial charge in [0.25, 0.3) is 0 Å². The number of carbonyl (C=O) groups excluding carboxylic acids is 2. The number of ether oxygens (including phenoxy) is 1. The van der Waals surface area contributed by atoms with Crippen LogP contribution in [0.15, 0.2) is 11.2 Å². The maximum absolute atomic E-state index is 12.4. The van der Waals surface area contributed by atoms with Gasteiger partial charge in [0.2, 0.25) is 5.91 Å². The number of esters is 1. The summed E-state index contributed by atoms with van der Waals surface area (Å²) < 4.78 is 5.22. The van der Waals surface area contributed by atoms with Crippen LogP contribution in [0, 0.1) is 0 Å². The molecule has 0 atom stereocenters. The van der Waals surface area contributed by atoms with E-state index in [4.69, 9.17) is 4.74 Å². The molecular formula is C16H20N4O3S2. The van der Waals surface area contributed by atoms with Crippen LogP contribution in [0.4, 0.5) is 5.00 Å². The number of anilines is 1. The van der Waals surface area contributed by atoms with Crippen molar-refractivity contribution < 1.29 is 14.3 Å². The Morgan fingerprint density at radius 1 is 1.36 bits per heavy atom. The fourth-order valence-corrected chi connectivity index (χ4v) is 4.69. The Bertz CT molecular complexity index is 743. The number of aromatic nitrogens is 3. The number of aryl methyl sites for hydroxylation is 1. The zero-order valence-electron chi connectivity index (χ0n) is 14.0. The highest BCUT2D eigenvalue weighted by molar-refractivity contribution is 7.99. The minimum absolute atomic E-state index is 0.171. The Morgan fingerprint density at radius 2 is 2.20 bits per heavy atom. The van der Waals surface area contributed by atoms with E-state index >= 15 is 0 Å². The molecule has 0 radical (unpaired) electrons. The Hall–Kier alpha value is -1.87. The number of nitrogens with one attached hydrogen (secondary N) is 2. The van der Waals surface area contributed by atoms with Crippen molar-refractivity contribution in [3.05, 3.63) is 22.2 Å². The average Bonchev–Trinajstić information content (AvgIpc) is 3.16. The number of rotatable bonds is 6. The van der Waals surface area contributed by atoms with Crippen molar-refractivity contribution in [1.82, 2.24) is 15.4 Å². The van der Waals surface area contributed by atoms with Gasteiger partial charge in [-0.25, -0.2) is 4.79 Å². The van der Waals surface area contributed by atoms with E-state index in [2.05, 4.69) is 20.7 Å². The van der Waals surface area contributed by atoms with Crippen LogP contribution < -0.4 is 5.32 Å². The van der Waals surface area contributed by atoms with Gasteiger partial charge in [0.1, 0.15) is 10.0 Å². The third-order valence-electron chi connectivity index (χ3n) is 3.90. The van der Waals surface area contributed by atoms with Gasteiger partial charge in [-0.1, -0.05) is 18.2 Å². The lowest BCUT2D eigenvalue weighted by Gasteiger charge is -2.08. The highest BCUT2D eigenvalue weighted by Crippen LogP contribution is 2.38. The number of fused-ring (bicyclic) bond motifs is 1. The number of amides is 1. The van der Waals surface area contributed by atoms with E-state index in [0.717, 1.165) is 31.2 Å². The Balaban J connectivity index is 1.77. The fraction of sp³-hybridized carbons (Fsp3) is 0.500. The van der Waals surface area contributed by atoms with Gasteiger partial charge in [-0.05, 0) is 38.2 Å². The van der Waals surface area contributed by atoms with Crippen LogP contribution in [-0.2, 0) is 22.4 Å². The first-order chi connectivity index (χ1) is 12.2. The summed E-state index contributed by atoms with van der Waals surface area (Å²) in [5.41, 5.74) is 1.60. The molecule has 25 heavy (non-hydrogen) atoms. The number of carbonyl (C=O) groups is 2. The van der Waals surface area contributed by atoms with Gasteiger partial charge >= 0.3 is 5.97 Å². The van der Waals surface area contributed by atoms with Crippen LogP contribution in [0.2, 0.25) is 0 Å². The molecule has 0 spiro atoms. The van der Waals surface area contributed by atoms with Crippen LogP contribution in [-0.4, -0.2) is 39.6 Å². The summed E-state index contributed by atoms with van der Waals surface area (Å²) >= 11 is 2.79. The Labute approximate surface area is 153 Å². The van der Waals surface area contributed by atoms with Crippen molar-refractivity contribution in [1.29, 1.82) is 0 Å². The molecule has 0 unspecified atom stereocenters. The summed E-state index contributed by atoms with van der Waals surface area (Å²) in [4.78, 5) is 25.9. The van der Waals surface area contributed by atoms with Crippen molar-refractivity contribution >= 4 is 40.0 Å². The number of H-pyrrole nitrogens is 1. The Kier molecular flexibility index (Phi) is 6.09. The number of hydrogen-bond donors (Lipinski definition) is 2. The predicted octanol–water partition coefficient (Wildman–Crippen LogP) is 3.04. The van der Waals surface area contributed by atoms with Crippen LogP contribution >= 0.6 is 23.1 Å². The van der Waals surface area contributed by atoms with Gasteiger partial charge in [-0.2, -0.15) is 10.3 Å².